The van der Waals surface area contributed by atoms with Crippen molar-refractivity contribution >= 4 is 17.3 Å². The van der Waals surface area contributed by atoms with Crippen molar-refractivity contribution in [1.29, 1.82) is 0 Å². The number of nitrogens with two attached hydrogens (primary N) is 1. The molecule has 0 aliphatic heterocycles. The molecule has 0 radical (unpaired) electrons. The number of methoxy groups -OCH3 is 1. The van der Waals surface area contributed by atoms with Crippen molar-refractivity contribution in [3.63, 3.8) is 0 Å². The molecule has 18 heavy (non-hydrogen) atoms. The maximum Gasteiger partial charge on any atom is 0.389 e. The second-order valence-corrected chi connectivity index (χ2v) is 3.62. The first-order chi connectivity index (χ1) is 8.31. The van der Waals surface area contributed by atoms with Gasteiger partial charge in [0.1, 0.15) is 5.75 Å². The molecule has 0 aromatic heterocycles. The standard InChI is InChI=1S/C11H13F3N2O2/c1-18-7-2-3-9(8(15)6-7)16-10(17)4-5-11(12,13)14/h2-3,6H,4-5,15H2,1H3,(H,16,17). The molecular formula is C11H13F3N2O2. The molecule has 0 unspecified atom stereocenters. The van der Waals surface area contributed by atoms with Gasteiger partial charge in [0.25, 0.3) is 0 Å². The van der Waals surface area contributed by atoms with Gasteiger partial charge in [-0.05, 0) is 12.1 Å². The molecule has 3 N–H and O–H groups in total. The van der Waals surface area contributed by atoms with Crippen molar-refractivity contribution in [3.05, 3.63) is 18.2 Å². The summed E-state index contributed by atoms with van der Waals surface area (Å²) >= 11 is 0. The van der Waals surface area contributed by atoms with Crippen LogP contribution < -0.4 is 15.8 Å². The second-order valence-electron chi connectivity index (χ2n) is 3.62. The Balaban J connectivity index is 2.59. The van der Waals surface area contributed by atoms with Crippen LogP contribution in [0.15, 0.2) is 18.2 Å². The minimum atomic E-state index is -4.34. The van der Waals surface area contributed by atoms with Gasteiger partial charge in [0.05, 0.1) is 24.9 Å². The number of amides is 1. The fourth-order valence-electron chi connectivity index (χ4n) is 1.25. The summed E-state index contributed by atoms with van der Waals surface area (Å²) in [5.74, 6) is -0.231. The summed E-state index contributed by atoms with van der Waals surface area (Å²) in [7, 11) is 1.45. The number of carbonyl (C=O) groups excluding carboxylic acids is 1. The monoisotopic (exact) mass is 262 g/mol. The number of carbonyl (C=O) groups is 1. The fraction of sp³-hybridized carbons (Fsp3) is 0.364. The highest BCUT2D eigenvalue weighted by Crippen LogP contribution is 2.25. The van der Waals surface area contributed by atoms with Crippen LogP contribution in [0.4, 0.5) is 24.5 Å². The van der Waals surface area contributed by atoms with E-state index in [2.05, 4.69) is 5.32 Å². The van der Waals surface area contributed by atoms with Crippen molar-refractivity contribution in [1.82, 2.24) is 0 Å². The number of halogens is 3. The molecule has 1 amide bonds. The molecular weight excluding hydrogens is 249 g/mol. The predicted octanol–water partition coefficient (Wildman–Crippen LogP) is 2.56. The van der Waals surface area contributed by atoms with Crippen LogP contribution in [0.25, 0.3) is 0 Å². The third-order valence-corrected chi connectivity index (χ3v) is 2.17. The topological polar surface area (TPSA) is 64.3 Å². The summed E-state index contributed by atoms with van der Waals surface area (Å²) in [6, 6.07) is 4.49. The van der Waals surface area contributed by atoms with Crippen LogP contribution in [0.1, 0.15) is 12.8 Å². The van der Waals surface area contributed by atoms with Gasteiger partial charge in [0, 0.05) is 12.5 Å². The number of hydrogen-bond donors (Lipinski definition) is 2. The van der Waals surface area contributed by atoms with E-state index < -0.39 is 24.9 Å². The van der Waals surface area contributed by atoms with Gasteiger partial charge in [-0.1, -0.05) is 0 Å². The Morgan fingerprint density at radius 2 is 2.11 bits per heavy atom. The first-order valence-corrected chi connectivity index (χ1v) is 5.12. The van der Waals surface area contributed by atoms with Gasteiger partial charge >= 0.3 is 6.18 Å². The number of nitrogens with one attached hydrogen (secondary N) is 1. The van der Waals surface area contributed by atoms with Crippen LogP contribution in [-0.4, -0.2) is 19.2 Å². The Kier molecular flexibility index (Phi) is 4.41. The average molecular weight is 262 g/mol. The molecule has 7 heteroatoms. The summed E-state index contributed by atoms with van der Waals surface area (Å²) in [6.45, 7) is 0. The Hall–Kier alpha value is -1.92. The summed E-state index contributed by atoms with van der Waals surface area (Å²) in [5.41, 5.74) is 6.11. The highest BCUT2D eigenvalue weighted by Gasteiger charge is 2.27. The SMILES string of the molecule is COc1ccc(NC(=O)CCC(F)(F)F)c(N)c1. The third kappa shape index (κ3) is 4.52. The highest BCUT2D eigenvalue weighted by molar-refractivity contribution is 5.94. The Morgan fingerprint density at radius 3 is 2.61 bits per heavy atom. The molecule has 0 saturated heterocycles. The molecule has 0 heterocycles. The number of ether oxygens (including phenoxy) is 1. The smallest absolute Gasteiger partial charge is 0.389 e. The molecule has 1 aromatic rings. The second kappa shape index (κ2) is 5.61. The van der Waals surface area contributed by atoms with Gasteiger partial charge < -0.3 is 15.8 Å². The van der Waals surface area contributed by atoms with Crippen LogP contribution in [0.5, 0.6) is 5.75 Å². The van der Waals surface area contributed by atoms with E-state index in [1.807, 2.05) is 0 Å². The lowest BCUT2D eigenvalue weighted by atomic mass is 10.2. The van der Waals surface area contributed by atoms with Crippen molar-refractivity contribution < 1.29 is 22.7 Å². The average Bonchev–Trinajstić information content (AvgIpc) is 2.28. The van der Waals surface area contributed by atoms with E-state index in [-0.39, 0.29) is 11.4 Å². The van der Waals surface area contributed by atoms with Crippen molar-refractivity contribution in [2.45, 2.75) is 19.0 Å². The molecule has 0 fully saturated rings. The normalized spacial score (nSPS) is 11.1. The van der Waals surface area contributed by atoms with Gasteiger partial charge in [-0.25, -0.2) is 0 Å². The molecule has 0 atom stereocenters. The van der Waals surface area contributed by atoms with Crippen LogP contribution in [0, 0.1) is 0 Å². The number of rotatable bonds is 4. The summed E-state index contributed by atoms with van der Waals surface area (Å²) in [5, 5.41) is 2.31. The van der Waals surface area contributed by atoms with E-state index in [4.69, 9.17) is 10.5 Å². The van der Waals surface area contributed by atoms with Crippen LogP contribution in [-0.2, 0) is 4.79 Å². The van der Waals surface area contributed by atoms with E-state index in [1.165, 1.54) is 19.2 Å². The molecule has 0 aliphatic rings. The fourth-order valence-corrected chi connectivity index (χ4v) is 1.25. The minimum Gasteiger partial charge on any atom is -0.497 e. The molecule has 100 valence electrons. The quantitative estimate of drug-likeness (QED) is 0.819. The number of alkyl halides is 3. The largest absolute Gasteiger partial charge is 0.497 e. The van der Waals surface area contributed by atoms with Gasteiger partial charge in [-0.3, -0.25) is 4.79 Å². The molecule has 4 nitrogen and oxygen atoms in total. The Labute approximate surface area is 102 Å². The molecule has 0 spiro atoms. The van der Waals surface area contributed by atoms with E-state index in [0.29, 0.717) is 5.75 Å². The lowest BCUT2D eigenvalue weighted by molar-refractivity contribution is -0.142. The number of hydrogen-bond acceptors (Lipinski definition) is 3. The van der Waals surface area contributed by atoms with E-state index in [1.54, 1.807) is 6.07 Å². The van der Waals surface area contributed by atoms with Gasteiger partial charge in [0.2, 0.25) is 5.91 Å². The highest BCUT2D eigenvalue weighted by atomic mass is 19.4. The van der Waals surface area contributed by atoms with Crippen molar-refractivity contribution in [3.8, 4) is 5.75 Å². The van der Waals surface area contributed by atoms with Gasteiger partial charge in [-0.2, -0.15) is 13.2 Å². The van der Waals surface area contributed by atoms with Gasteiger partial charge in [-0.15, -0.1) is 0 Å². The zero-order chi connectivity index (χ0) is 13.8. The summed E-state index contributed by atoms with van der Waals surface area (Å²) in [4.78, 5) is 11.3. The van der Waals surface area contributed by atoms with Crippen LogP contribution in [0.2, 0.25) is 0 Å². The maximum atomic E-state index is 11.9. The predicted molar refractivity (Wildman–Crippen MR) is 61.3 cm³/mol. The zero-order valence-electron chi connectivity index (χ0n) is 9.67. The number of benzene rings is 1. The first-order valence-electron chi connectivity index (χ1n) is 5.12. The molecule has 0 aliphatic carbocycles. The Morgan fingerprint density at radius 1 is 1.44 bits per heavy atom. The zero-order valence-corrected chi connectivity index (χ0v) is 9.67. The first kappa shape index (κ1) is 14.1. The van der Waals surface area contributed by atoms with Crippen molar-refractivity contribution in [2.24, 2.45) is 0 Å². The van der Waals surface area contributed by atoms with E-state index in [9.17, 15) is 18.0 Å². The third-order valence-electron chi connectivity index (χ3n) is 2.17. The lowest BCUT2D eigenvalue weighted by Crippen LogP contribution is -2.17. The Bertz CT molecular complexity index is 433. The molecule has 0 bridgehead atoms. The maximum absolute atomic E-state index is 11.9. The summed E-state index contributed by atoms with van der Waals surface area (Å²) < 4.78 is 40.6. The molecule has 1 rings (SSSR count). The van der Waals surface area contributed by atoms with Crippen LogP contribution >= 0.6 is 0 Å². The van der Waals surface area contributed by atoms with E-state index in [0.717, 1.165) is 0 Å². The number of anilines is 2. The van der Waals surface area contributed by atoms with Gasteiger partial charge in [0.15, 0.2) is 0 Å². The van der Waals surface area contributed by atoms with E-state index >= 15 is 0 Å². The number of nitrogen functional groups attached to an aromatic ring is 1. The molecule has 1 aromatic carbocycles. The summed E-state index contributed by atoms with van der Waals surface area (Å²) in [6.07, 6.45) is -6.13. The minimum absolute atomic E-state index is 0.231. The van der Waals surface area contributed by atoms with Crippen LogP contribution in [0.3, 0.4) is 0 Å². The van der Waals surface area contributed by atoms with Crippen molar-refractivity contribution in [2.75, 3.05) is 18.2 Å². The lowest BCUT2D eigenvalue weighted by Gasteiger charge is -2.10. The molecule has 0 saturated carbocycles.